The standard InChI is InChI=1S/C18H25NO/c1-2-19-17(16-11-14-7-8-18(16)20-14)10-13-9-12-5-3-4-6-15(12)13/h3-6,13-14,16-19H,2,7-11H2,1H3. The van der Waals surface area contributed by atoms with Gasteiger partial charge in [-0.25, -0.2) is 0 Å². The predicted molar refractivity (Wildman–Crippen MR) is 81.0 cm³/mol. The largest absolute Gasteiger partial charge is 0.375 e. The number of fused-ring (bicyclic) bond motifs is 3. The number of nitrogens with one attached hydrogen (secondary N) is 1. The first-order valence-electron chi connectivity index (χ1n) is 8.31. The van der Waals surface area contributed by atoms with Crippen molar-refractivity contribution in [1.29, 1.82) is 0 Å². The van der Waals surface area contributed by atoms with Crippen LogP contribution in [0.25, 0.3) is 0 Å². The maximum atomic E-state index is 6.07. The van der Waals surface area contributed by atoms with Gasteiger partial charge in [-0.2, -0.15) is 0 Å². The van der Waals surface area contributed by atoms with Crippen LogP contribution in [-0.4, -0.2) is 24.8 Å². The van der Waals surface area contributed by atoms with Crippen LogP contribution in [0.1, 0.15) is 49.7 Å². The molecule has 108 valence electrons. The summed E-state index contributed by atoms with van der Waals surface area (Å²) in [4.78, 5) is 0. The number of hydrogen-bond acceptors (Lipinski definition) is 2. The normalized spacial score (nSPS) is 35.6. The van der Waals surface area contributed by atoms with E-state index in [0.717, 1.165) is 18.4 Å². The van der Waals surface area contributed by atoms with Crippen molar-refractivity contribution in [3.8, 4) is 0 Å². The van der Waals surface area contributed by atoms with Gasteiger partial charge in [-0.05, 0) is 55.7 Å². The Hall–Kier alpha value is -0.860. The zero-order chi connectivity index (χ0) is 13.5. The van der Waals surface area contributed by atoms with E-state index in [1.165, 1.54) is 32.1 Å². The molecule has 2 fully saturated rings. The molecule has 2 heterocycles. The molecule has 0 amide bonds. The van der Waals surface area contributed by atoms with Crippen LogP contribution >= 0.6 is 0 Å². The van der Waals surface area contributed by atoms with Crippen molar-refractivity contribution in [2.24, 2.45) is 5.92 Å². The molecule has 2 bridgehead atoms. The average molecular weight is 271 g/mol. The second-order valence-electron chi connectivity index (χ2n) is 6.77. The van der Waals surface area contributed by atoms with E-state index in [1.807, 2.05) is 0 Å². The minimum absolute atomic E-state index is 0.541. The van der Waals surface area contributed by atoms with Gasteiger partial charge in [0.15, 0.2) is 0 Å². The minimum Gasteiger partial charge on any atom is -0.375 e. The molecule has 1 N–H and O–H groups in total. The quantitative estimate of drug-likeness (QED) is 0.887. The Kier molecular flexibility index (Phi) is 3.31. The van der Waals surface area contributed by atoms with Crippen LogP contribution < -0.4 is 5.32 Å². The molecule has 2 nitrogen and oxygen atoms in total. The topological polar surface area (TPSA) is 21.3 Å². The molecule has 1 aromatic carbocycles. The van der Waals surface area contributed by atoms with Crippen LogP contribution in [0.2, 0.25) is 0 Å². The highest BCUT2D eigenvalue weighted by molar-refractivity contribution is 5.40. The number of rotatable bonds is 5. The molecule has 2 aliphatic heterocycles. The van der Waals surface area contributed by atoms with E-state index >= 15 is 0 Å². The van der Waals surface area contributed by atoms with E-state index in [2.05, 4.69) is 36.5 Å². The van der Waals surface area contributed by atoms with Crippen molar-refractivity contribution in [3.63, 3.8) is 0 Å². The highest BCUT2D eigenvalue weighted by Crippen LogP contribution is 2.44. The molecule has 2 heteroatoms. The molecule has 1 aromatic rings. The van der Waals surface area contributed by atoms with Crippen molar-refractivity contribution in [2.45, 2.75) is 63.2 Å². The van der Waals surface area contributed by atoms with Gasteiger partial charge in [0, 0.05) is 12.0 Å². The Bertz CT molecular complexity index is 486. The third-order valence-corrected chi connectivity index (χ3v) is 5.64. The van der Waals surface area contributed by atoms with Crippen molar-refractivity contribution in [1.82, 2.24) is 5.32 Å². The van der Waals surface area contributed by atoms with Crippen LogP contribution in [0.3, 0.4) is 0 Å². The summed E-state index contributed by atoms with van der Waals surface area (Å²) >= 11 is 0. The molecular formula is C18H25NO. The third kappa shape index (κ3) is 2.10. The van der Waals surface area contributed by atoms with E-state index in [-0.39, 0.29) is 0 Å². The van der Waals surface area contributed by atoms with Crippen LogP contribution in [0, 0.1) is 5.92 Å². The Labute approximate surface area is 121 Å². The lowest BCUT2D eigenvalue weighted by molar-refractivity contribution is 0.0842. The van der Waals surface area contributed by atoms with Gasteiger partial charge >= 0.3 is 0 Å². The first-order valence-corrected chi connectivity index (χ1v) is 8.31. The van der Waals surface area contributed by atoms with Gasteiger partial charge in [-0.1, -0.05) is 31.2 Å². The lowest BCUT2D eigenvalue weighted by Gasteiger charge is -2.37. The van der Waals surface area contributed by atoms with Gasteiger partial charge in [0.1, 0.15) is 0 Å². The smallest absolute Gasteiger partial charge is 0.0623 e. The summed E-state index contributed by atoms with van der Waals surface area (Å²) in [5, 5.41) is 3.76. The molecule has 20 heavy (non-hydrogen) atoms. The fourth-order valence-corrected chi connectivity index (χ4v) is 4.65. The maximum absolute atomic E-state index is 6.07. The second-order valence-corrected chi connectivity index (χ2v) is 6.77. The number of benzene rings is 1. The molecular weight excluding hydrogens is 246 g/mol. The van der Waals surface area contributed by atoms with E-state index in [9.17, 15) is 0 Å². The lowest BCUT2D eigenvalue weighted by Crippen LogP contribution is -2.42. The number of hydrogen-bond donors (Lipinski definition) is 1. The van der Waals surface area contributed by atoms with Gasteiger partial charge in [0.2, 0.25) is 0 Å². The maximum Gasteiger partial charge on any atom is 0.0623 e. The predicted octanol–water partition coefficient (Wildman–Crippen LogP) is 3.26. The van der Waals surface area contributed by atoms with Crippen molar-refractivity contribution in [3.05, 3.63) is 35.4 Å². The van der Waals surface area contributed by atoms with Crippen LogP contribution in [0.4, 0.5) is 0 Å². The highest BCUT2D eigenvalue weighted by Gasteiger charge is 2.45. The Morgan fingerprint density at radius 2 is 2.20 bits per heavy atom. The van der Waals surface area contributed by atoms with Gasteiger partial charge in [-0.3, -0.25) is 0 Å². The summed E-state index contributed by atoms with van der Waals surface area (Å²) in [7, 11) is 0. The van der Waals surface area contributed by atoms with Crippen molar-refractivity contribution in [2.75, 3.05) is 6.54 Å². The average Bonchev–Trinajstić information content (AvgIpc) is 3.06. The molecule has 3 aliphatic rings. The fraction of sp³-hybridized carbons (Fsp3) is 0.667. The summed E-state index contributed by atoms with van der Waals surface area (Å²) in [5.41, 5.74) is 3.16. The minimum atomic E-state index is 0.541. The first-order chi connectivity index (χ1) is 9.85. The van der Waals surface area contributed by atoms with Crippen LogP contribution in [-0.2, 0) is 11.2 Å². The summed E-state index contributed by atoms with van der Waals surface area (Å²) in [6.45, 7) is 3.31. The monoisotopic (exact) mass is 271 g/mol. The zero-order valence-electron chi connectivity index (χ0n) is 12.3. The lowest BCUT2D eigenvalue weighted by atomic mass is 9.71. The van der Waals surface area contributed by atoms with Gasteiger partial charge in [0.05, 0.1) is 12.2 Å². The first kappa shape index (κ1) is 12.8. The SMILES string of the molecule is CCNC(CC1Cc2ccccc21)C1CC2CCC1O2. The van der Waals surface area contributed by atoms with E-state index in [1.54, 1.807) is 11.1 Å². The summed E-state index contributed by atoms with van der Waals surface area (Å²) in [6, 6.07) is 9.61. The molecule has 0 saturated carbocycles. The van der Waals surface area contributed by atoms with Crippen LogP contribution in [0.5, 0.6) is 0 Å². The van der Waals surface area contributed by atoms with Crippen molar-refractivity contribution >= 4 is 0 Å². The molecule has 5 unspecified atom stereocenters. The fourth-order valence-electron chi connectivity index (χ4n) is 4.65. The van der Waals surface area contributed by atoms with Gasteiger partial charge in [0.25, 0.3) is 0 Å². The third-order valence-electron chi connectivity index (χ3n) is 5.64. The Balaban J connectivity index is 1.45. The molecule has 4 rings (SSSR count). The highest BCUT2D eigenvalue weighted by atomic mass is 16.5. The second kappa shape index (κ2) is 5.16. The summed E-state index contributed by atoms with van der Waals surface area (Å²) in [5.74, 6) is 1.52. The Morgan fingerprint density at radius 1 is 1.30 bits per heavy atom. The molecule has 2 saturated heterocycles. The van der Waals surface area contributed by atoms with Gasteiger partial charge < -0.3 is 10.1 Å². The van der Waals surface area contributed by atoms with Gasteiger partial charge in [-0.15, -0.1) is 0 Å². The number of ether oxygens (including phenoxy) is 1. The van der Waals surface area contributed by atoms with E-state index in [4.69, 9.17) is 4.74 Å². The summed E-state index contributed by atoms with van der Waals surface area (Å²) in [6.07, 6.45) is 7.56. The summed E-state index contributed by atoms with van der Waals surface area (Å²) < 4.78 is 6.07. The molecule has 0 spiro atoms. The van der Waals surface area contributed by atoms with E-state index in [0.29, 0.717) is 18.2 Å². The molecule has 5 atom stereocenters. The van der Waals surface area contributed by atoms with Crippen LogP contribution in [0.15, 0.2) is 24.3 Å². The molecule has 0 aromatic heterocycles. The van der Waals surface area contributed by atoms with Crippen molar-refractivity contribution < 1.29 is 4.74 Å². The molecule has 1 aliphatic carbocycles. The molecule has 0 radical (unpaired) electrons. The zero-order valence-corrected chi connectivity index (χ0v) is 12.3. The Morgan fingerprint density at radius 3 is 2.90 bits per heavy atom. The van der Waals surface area contributed by atoms with E-state index < -0.39 is 0 Å².